The van der Waals surface area contributed by atoms with Gasteiger partial charge in [0.1, 0.15) is 5.75 Å². The maximum Gasteiger partial charge on any atom is 0.500 e. The molecule has 24 heavy (non-hydrogen) atoms. The summed E-state index contributed by atoms with van der Waals surface area (Å²) in [6.45, 7) is 2.66. The summed E-state index contributed by atoms with van der Waals surface area (Å²) < 4.78 is 22.4. The highest BCUT2D eigenvalue weighted by molar-refractivity contribution is 6.60. The lowest BCUT2D eigenvalue weighted by atomic mass is 10.0. The number of aryl methyl sites for hydroxylation is 1. The molecule has 0 aromatic heterocycles. The number of hydrogen-bond acceptors (Lipinski definition) is 4. The molecule has 0 saturated heterocycles. The van der Waals surface area contributed by atoms with Crippen LogP contribution in [0.15, 0.2) is 48.5 Å². The topological polar surface area (TPSA) is 36.9 Å². The van der Waals surface area contributed by atoms with Gasteiger partial charge in [-0.25, -0.2) is 0 Å². The fourth-order valence-electron chi connectivity index (χ4n) is 2.71. The van der Waals surface area contributed by atoms with Crippen LogP contribution in [0.3, 0.4) is 0 Å². The van der Waals surface area contributed by atoms with Crippen molar-refractivity contribution in [3.63, 3.8) is 0 Å². The third-order valence-corrected chi connectivity index (χ3v) is 6.94. The van der Waals surface area contributed by atoms with Crippen LogP contribution in [0.1, 0.15) is 12.0 Å². The first-order valence-electron chi connectivity index (χ1n) is 8.09. The van der Waals surface area contributed by atoms with E-state index in [9.17, 15) is 0 Å². The molecule has 2 aromatic rings. The van der Waals surface area contributed by atoms with Crippen molar-refractivity contribution in [2.24, 2.45) is 0 Å². The van der Waals surface area contributed by atoms with Gasteiger partial charge in [-0.05, 0) is 24.5 Å². The van der Waals surface area contributed by atoms with Gasteiger partial charge in [-0.15, -0.1) is 0 Å². The Bertz CT molecular complexity index is 618. The van der Waals surface area contributed by atoms with Gasteiger partial charge in [0.25, 0.3) is 0 Å². The highest BCUT2D eigenvalue weighted by Crippen LogP contribution is 2.33. The van der Waals surface area contributed by atoms with Crippen LogP contribution in [-0.2, 0) is 13.3 Å². The van der Waals surface area contributed by atoms with Gasteiger partial charge < -0.3 is 18.0 Å². The molecule has 0 unspecified atom stereocenters. The molecule has 0 saturated carbocycles. The molecule has 0 aliphatic rings. The van der Waals surface area contributed by atoms with Gasteiger partial charge in [0.15, 0.2) is 0 Å². The third kappa shape index (κ3) is 4.45. The van der Waals surface area contributed by atoms with Crippen LogP contribution in [0.25, 0.3) is 11.1 Å². The second kappa shape index (κ2) is 8.99. The second-order valence-corrected chi connectivity index (χ2v) is 8.66. The Balaban J connectivity index is 2.06. The van der Waals surface area contributed by atoms with Crippen molar-refractivity contribution < 1.29 is 18.0 Å². The van der Waals surface area contributed by atoms with E-state index in [4.69, 9.17) is 18.0 Å². The zero-order valence-corrected chi connectivity index (χ0v) is 15.9. The molecule has 0 amide bonds. The van der Waals surface area contributed by atoms with Crippen molar-refractivity contribution in [3.05, 3.63) is 54.1 Å². The predicted molar refractivity (Wildman–Crippen MR) is 98.3 cm³/mol. The zero-order chi connectivity index (χ0) is 17.4. The summed E-state index contributed by atoms with van der Waals surface area (Å²) in [5.41, 5.74) is 3.40. The Morgan fingerprint density at radius 3 is 2.12 bits per heavy atom. The summed E-state index contributed by atoms with van der Waals surface area (Å²) in [7, 11) is 2.37. The lowest BCUT2D eigenvalue weighted by Gasteiger charge is -2.24. The lowest BCUT2D eigenvalue weighted by molar-refractivity contribution is 0.121. The van der Waals surface area contributed by atoms with E-state index in [1.54, 1.807) is 21.3 Å². The highest BCUT2D eigenvalue weighted by Gasteiger charge is 2.36. The van der Waals surface area contributed by atoms with E-state index in [2.05, 4.69) is 37.3 Å². The molecule has 0 heterocycles. The quantitative estimate of drug-likeness (QED) is 0.501. The van der Waals surface area contributed by atoms with Crippen molar-refractivity contribution >= 4 is 8.80 Å². The number of rotatable bonds is 9. The fraction of sp³-hybridized carbons (Fsp3) is 0.368. The fourth-order valence-corrected chi connectivity index (χ4v) is 4.40. The molecule has 0 bridgehead atoms. The molecule has 2 aromatic carbocycles. The zero-order valence-electron chi connectivity index (χ0n) is 14.9. The van der Waals surface area contributed by atoms with Crippen molar-refractivity contribution in [2.75, 3.05) is 27.9 Å². The molecule has 0 aliphatic carbocycles. The largest absolute Gasteiger partial charge is 0.500 e. The van der Waals surface area contributed by atoms with Crippen LogP contribution in [-0.4, -0.2) is 36.7 Å². The number of benzene rings is 2. The highest BCUT2D eigenvalue weighted by atomic mass is 28.4. The van der Waals surface area contributed by atoms with Crippen LogP contribution < -0.4 is 4.74 Å². The summed E-state index contributed by atoms with van der Waals surface area (Å²) in [4.78, 5) is 0. The van der Waals surface area contributed by atoms with Crippen molar-refractivity contribution in [2.45, 2.75) is 19.4 Å². The smallest absolute Gasteiger partial charge is 0.493 e. The van der Waals surface area contributed by atoms with E-state index in [0.717, 1.165) is 34.9 Å². The Hall–Kier alpha value is -1.66. The Labute approximate surface area is 145 Å². The Morgan fingerprint density at radius 1 is 0.833 bits per heavy atom. The van der Waals surface area contributed by atoms with Crippen LogP contribution in [0, 0.1) is 6.92 Å². The molecule has 130 valence electrons. The maximum atomic E-state index is 6.11. The van der Waals surface area contributed by atoms with Crippen molar-refractivity contribution in [3.8, 4) is 16.9 Å². The predicted octanol–water partition coefficient (Wildman–Crippen LogP) is 4.31. The Kier molecular flexibility index (Phi) is 6.99. The van der Waals surface area contributed by atoms with Crippen molar-refractivity contribution in [1.29, 1.82) is 0 Å². The first kappa shape index (κ1) is 18.7. The molecule has 0 atom stereocenters. The molecule has 0 radical (unpaired) electrons. The van der Waals surface area contributed by atoms with Crippen LogP contribution >= 0.6 is 0 Å². The summed E-state index contributed by atoms with van der Waals surface area (Å²) in [6.07, 6.45) is 0.810. The summed E-state index contributed by atoms with van der Waals surface area (Å²) in [5.74, 6) is 0.934. The van der Waals surface area contributed by atoms with E-state index >= 15 is 0 Å². The van der Waals surface area contributed by atoms with Gasteiger partial charge in [-0.1, -0.05) is 48.5 Å². The molecule has 2 rings (SSSR count). The number of ether oxygens (including phenoxy) is 1. The van der Waals surface area contributed by atoms with Gasteiger partial charge in [-0.3, -0.25) is 0 Å². The molecule has 4 nitrogen and oxygen atoms in total. The minimum Gasteiger partial charge on any atom is -0.493 e. The van der Waals surface area contributed by atoms with Crippen LogP contribution in [0.2, 0.25) is 6.04 Å². The summed E-state index contributed by atoms with van der Waals surface area (Å²) in [5, 5.41) is 0. The SMILES string of the molecule is CO[Si](CCCOc1c(C)cccc1-c1ccccc1)(OC)OC. The van der Waals surface area contributed by atoms with Crippen molar-refractivity contribution in [1.82, 2.24) is 0 Å². The second-order valence-electron chi connectivity index (χ2n) is 5.57. The van der Waals surface area contributed by atoms with E-state index in [0.29, 0.717) is 6.61 Å². The molecule has 5 heteroatoms. The third-order valence-electron chi connectivity index (χ3n) is 4.10. The maximum absolute atomic E-state index is 6.11. The molecular weight excluding hydrogens is 320 g/mol. The van der Waals surface area contributed by atoms with Gasteiger partial charge in [0, 0.05) is 32.9 Å². The number of para-hydroxylation sites is 1. The van der Waals surface area contributed by atoms with E-state index < -0.39 is 8.80 Å². The molecule has 0 aliphatic heterocycles. The molecule has 0 N–H and O–H groups in total. The van der Waals surface area contributed by atoms with Gasteiger partial charge in [0.05, 0.1) is 6.61 Å². The number of hydrogen-bond donors (Lipinski definition) is 0. The van der Waals surface area contributed by atoms with E-state index in [-0.39, 0.29) is 0 Å². The Morgan fingerprint density at radius 2 is 1.50 bits per heavy atom. The minimum absolute atomic E-state index is 0.593. The molecule has 0 spiro atoms. The monoisotopic (exact) mass is 346 g/mol. The van der Waals surface area contributed by atoms with E-state index in [1.807, 2.05) is 18.2 Å². The summed E-state index contributed by atoms with van der Waals surface area (Å²) >= 11 is 0. The average molecular weight is 346 g/mol. The average Bonchev–Trinajstić information content (AvgIpc) is 2.64. The minimum atomic E-state index is -2.53. The molecule has 0 fully saturated rings. The van der Waals surface area contributed by atoms with Gasteiger partial charge in [-0.2, -0.15) is 0 Å². The first-order chi connectivity index (χ1) is 11.7. The standard InChI is InChI=1S/C19H26O4Si/c1-16-10-8-13-18(17-11-6-5-7-12-17)19(16)23-14-9-15-24(20-2,21-3)22-4/h5-8,10-13H,9,14-15H2,1-4H3. The van der Waals surface area contributed by atoms with E-state index in [1.165, 1.54) is 0 Å². The van der Waals surface area contributed by atoms with Crippen LogP contribution in [0.5, 0.6) is 5.75 Å². The first-order valence-corrected chi connectivity index (χ1v) is 10.0. The van der Waals surface area contributed by atoms with Crippen LogP contribution in [0.4, 0.5) is 0 Å². The van der Waals surface area contributed by atoms with Gasteiger partial charge in [0.2, 0.25) is 0 Å². The summed E-state index contributed by atoms with van der Waals surface area (Å²) in [6, 6.07) is 17.2. The lowest BCUT2D eigenvalue weighted by Crippen LogP contribution is -2.42. The molecular formula is C19H26O4Si. The van der Waals surface area contributed by atoms with Gasteiger partial charge >= 0.3 is 8.80 Å². The normalized spacial score (nSPS) is 11.5.